The normalized spacial score (nSPS) is 15.6. The summed E-state index contributed by atoms with van der Waals surface area (Å²) in [7, 11) is 1.50. The molecule has 0 amide bonds. The molecule has 2 heterocycles. The number of hydrogen-bond acceptors (Lipinski definition) is 5. The topological polar surface area (TPSA) is 90.2 Å². The van der Waals surface area contributed by atoms with Crippen molar-refractivity contribution in [3.05, 3.63) is 52.6 Å². The van der Waals surface area contributed by atoms with Gasteiger partial charge in [0.25, 0.3) is 0 Å². The summed E-state index contributed by atoms with van der Waals surface area (Å²) in [5.41, 5.74) is 11.8. The van der Waals surface area contributed by atoms with Crippen molar-refractivity contribution in [3.8, 4) is 5.69 Å². The van der Waals surface area contributed by atoms with E-state index in [1.807, 2.05) is 12.1 Å². The predicted octanol–water partition coefficient (Wildman–Crippen LogP) is 1.42. The van der Waals surface area contributed by atoms with Gasteiger partial charge in [0.05, 0.1) is 5.69 Å². The van der Waals surface area contributed by atoms with Crippen LogP contribution in [-0.4, -0.2) is 40.6 Å². The van der Waals surface area contributed by atoms with Crippen LogP contribution in [-0.2, 0) is 6.42 Å². The molecule has 4 N–H and O–H groups in total. The highest BCUT2D eigenvalue weighted by molar-refractivity contribution is 5.36. The van der Waals surface area contributed by atoms with Gasteiger partial charge in [0.1, 0.15) is 5.82 Å². The van der Waals surface area contributed by atoms with E-state index in [2.05, 4.69) is 34.7 Å². The van der Waals surface area contributed by atoms with Gasteiger partial charge in [-0.25, -0.2) is 4.79 Å². The van der Waals surface area contributed by atoms with Crippen LogP contribution < -0.4 is 17.2 Å². The summed E-state index contributed by atoms with van der Waals surface area (Å²) in [6.07, 6.45) is 5.33. The molecule has 0 spiro atoms. The minimum atomic E-state index is -0.349. The maximum atomic E-state index is 11.8. The molecule has 0 bridgehead atoms. The second-order valence-electron chi connectivity index (χ2n) is 5.97. The molecule has 1 aliphatic rings. The molecule has 2 aromatic rings. The van der Waals surface area contributed by atoms with Gasteiger partial charge in [-0.2, -0.15) is 4.98 Å². The van der Waals surface area contributed by atoms with Gasteiger partial charge in [-0.1, -0.05) is 12.1 Å². The Morgan fingerprint density at radius 1 is 1.12 bits per heavy atom. The fourth-order valence-corrected chi connectivity index (χ4v) is 3.06. The molecule has 6 nitrogen and oxygen atoms in total. The molecule has 0 aliphatic carbocycles. The summed E-state index contributed by atoms with van der Waals surface area (Å²) in [5, 5.41) is 0. The number of aromatic nitrogens is 2. The van der Waals surface area contributed by atoms with Gasteiger partial charge >= 0.3 is 5.69 Å². The fraction of sp³-hybridized carbons (Fsp3) is 0.444. The van der Waals surface area contributed by atoms with Gasteiger partial charge in [0.2, 0.25) is 0 Å². The Kier molecular flexibility index (Phi) is 6.52. The summed E-state index contributed by atoms with van der Waals surface area (Å²) in [6, 6.07) is 10.3. The molecule has 0 radical (unpaired) electrons. The van der Waals surface area contributed by atoms with Crippen LogP contribution in [0.4, 0.5) is 5.82 Å². The first-order valence-corrected chi connectivity index (χ1v) is 8.40. The van der Waals surface area contributed by atoms with Crippen LogP contribution in [0.2, 0.25) is 0 Å². The molecule has 1 aliphatic heterocycles. The molecule has 1 unspecified atom stereocenters. The van der Waals surface area contributed by atoms with Gasteiger partial charge in [0.15, 0.2) is 0 Å². The van der Waals surface area contributed by atoms with Gasteiger partial charge in [0, 0.05) is 12.2 Å². The lowest BCUT2D eigenvalue weighted by atomic mass is 10.1. The Bertz CT molecular complexity index is 689. The largest absolute Gasteiger partial charge is 0.383 e. The highest BCUT2D eigenvalue weighted by atomic mass is 16.1. The number of nitrogens with zero attached hydrogens (tertiary/aromatic N) is 3. The van der Waals surface area contributed by atoms with Gasteiger partial charge in [-0.05, 0) is 70.1 Å². The van der Waals surface area contributed by atoms with Crippen LogP contribution >= 0.6 is 0 Å². The molecular formula is C18H27N5O. The third kappa shape index (κ3) is 4.43. The highest BCUT2D eigenvalue weighted by Gasteiger charge is 2.18. The van der Waals surface area contributed by atoms with Crippen molar-refractivity contribution >= 4 is 5.82 Å². The quantitative estimate of drug-likeness (QED) is 0.885. The predicted molar refractivity (Wildman–Crippen MR) is 98.3 cm³/mol. The average Bonchev–Trinajstić information content (AvgIpc) is 3.12. The Hall–Kier alpha value is -2.18. The maximum absolute atomic E-state index is 11.8. The number of nitrogens with two attached hydrogens (primary N) is 2. The van der Waals surface area contributed by atoms with E-state index in [-0.39, 0.29) is 11.5 Å². The summed E-state index contributed by atoms with van der Waals surface area (Å²) >= 11 is 0. The molecule has 0 saturated carbocycles. The Labute approximate surface area is 143 Å². The van der Waals surface area contributed by atoms with Crippen LogP contribution in [0, 0.1) is 0 Å². The van der Waals surface area contributed by atoms with E-state index in [0.29, 0.717) is 6.04 Å². The molecule has 1 fully saturated rings. The molecule has 1 aromatic carbocycles. The van der Waals surface area contributed by atoms with Crippen LogP contribution in [0.5, 0.6) is 0 Å². The summed E-state index contributed by atoms with van der Waals surface area (Å²) in [4.78, 5) is 18.1. The van der Waals surface area contributed by atoms with Crippen molar-refractivity contribution < 1.29 is 0 Å². The van der Waals surface area contributed by atoms with Crippen LogP contribution in [0.25, 0.3) is 5.69 Å². The number of benzene rings is 1. The smallest absolute Gasteiger partial charge is 0.354 e. The summed E-state index contributed by atoms with van der Waals surface area (Å²) in [6.45, 7) is 4.71. The third-order valence-electron chi connectivity index (χ3n) is 4.33. The molecule has 24 heavy (non-hydrogen) atoms. The van der Waals surface area contributed by atoms with E-state index < -0.39 is 0 Å². The van der Waals surface area contributed by atoms with Gasteiger partial charge < -0.3 is 16.4 Å². The van der Waals surface area contributed by atoms with Crippen molar-refractivity contribution in [2.75, 3.05) is 25.9 Å². The Balaban J connectivity index is 0.00000100. The summed E-state index contributed by atoms with van der Waals surface area (Å²) < 4.78 is 1.50. The Morgan fingerprint density at radius 3 is 2.33 bits per heavy atom. The molecule has 1 saturated heterocycles. The number of likely N-dealkylation sites (tertiary alicyclic amines) is 1. The molecule has 1 aromatic heterocycles. The first kappa shape index (κ1) is 18.2. The molecule has 130 valence electrons. The average molecular weight is 329 g/mol. The van der Waals surface area contributed by atoms with Crippen molar-refractivity contribution in [2.24, 2.45) is 5.73 Å². The lowest BCUT2D eigenvalue weighted by molar-refractivity contribution is 0.257. The first-order chi connectivity index (χ1) is 11.6. The van der Waals surface area contributed by atoms with E-state index >= 15 is 0 Å². The first-order valence-electron chi connectivity index (χ1n) is 8.40. The maximum Gasteiger partial charge on any atom is 0.354 e. The summed E-state index contributed by atoms with van der Waals surface area (Å²) in [5.74, 6) is 0.248. The lowest BCUT2D eigenvalue weighted by Crippen LogP contribution is -2.31. The highest BCUT2D eigenvalue weighted by Crippen LogP contribution is 2.16. The zero-order chi connectivity index (χ0) is 17.5. The van der Waals surface area contributed by atoms with E-state index in [1.165, 1.54) is 43.1 Å². The van der Waals surface area contributed by atoms with Crippen molar-refractivity contribution in [2.45, 2.75) is 32.2 Å². The lowest BCUT2D eigenvalue weighted by Gasteiger charge is -2.23. The number of rotatable bonds is 4. The van der Waals surface area contributed by atoms with Crippen LogP contribution in [0.3, 0.4) is 0 Å². The number of hydrogen-bond donors (Lipinski definition) is 2. The number of nitrogen functional groups attached to an aromatic ring is 1. The van der Waals surface area contributed by atoms with E-state index in [1.54, 1.807) is 12.3 Å². The molecule has 6 heteroatoms. The zero-order valence-electron chi connectivity index (χ0n) is 14.5. The molecule has 3 rings (SSSR count). The minimum Gasteiger partial charge on any atom is -0.383 e. The van der Waals surface area contributed by atoms with Crippen LogP contribution in [0.1, 0.15) is 25.3 Å². The number of anilines is 1. The third-order valence-corrected chi connectivity index (χ3v) is 4.33. The molecule has 1 atom stereocenters. The minimum absolute atomic E-state index is 0.248. The van der Waals surface area contributed by atoms with Crippen molar-refractivity contribution in [3.63, 3.8) is 0 Å². The Morgan fingerprint density at radius 2 is 1.75 bits per heavy atom. The zero-order valence-corrected chi connectivity index (χ0v) is 14.5. The van der Waals surface area contributed by atoms with Gasteiger partial charge in [-0.3, -0.25) is 4.57 Å². The van der Waals surface area contributed by atoms with Crippen molar-refractivity contribution in [1.29, 1.82) is 0 Å². The standard InChI is InChI=1S/C17H22N4O.CH5N/c1-13(20-9-2-3-10-20)12-14-4-6-15(7-5-14)21-11-8-16(18)19-17(21)22;1-2/h4-8,11,13H,2-3,9-10,12H2,1H3,(H2,18,19,22);2H2,1H3. The molecular weight excluding hydrogens is 302 g/mol. The second-order valence-corrected chi connectivity index (χ2v) is 5.97. The second kappa shape index (κ2) is 8.61. The SMILES string of the molecule is CC(Cc1ccc(-n2ccc(N)nc2=O)cc1)N1CCCC1.CN. The fourth-order valence-electron chi connectivity index (χ4n) is 3.06. The van der Waals surface area contributed by atoms with Crippen molar-refractivity contribution in [1.82, 2.24) is 14.5 Å². The van der Waals surface area contributed by atoms with E-state index in [0.717, 1.165) is 12.1 Å². The van der Waals surface area contributed by atoms with Gasteiger partial charge in [-0.15, -0.1) is 0 Å². The van der Waals surface area contributed by atoms with Crippen LogP contribution in [0.15, 0.2) is 41.3 Å². The monoisotopic (exact) mass is 329 g/mol. The van der Waals surface area contributed by atoms with E-state index in [4.69, 9.17) is 5.73 Å². The van der Waals surface area contributed by atoms with E-state index in [9.17, 15) is 4.79 Å².